The summed E-state index contributed by atoms with van der Waals surface area (Å²) in [6.45, 7) is 1.31. The monoisotopic (exact) mass is 399 g/mol. The lowest BCUT2D eigenvalue weighted by molar-refractivity contribution is 0.240. The normalized spacial score (nSPS) is 14.9. The zero-order chi connectivity index (χ0) is 19.1. The molecule has 0 saturated carbocycles. The number of fused-ring (bicyclic) bond motifs is 1. The fourth-order valence-corrected chi connectivity index (χ4v) is 3.66. The summed E-state index contributed by atoms with van der Waals surface area (Å²) in [6, 6.07) is 3.38. The molecule has 0 amide bonds. The summed E-state index contributed by atoms with van der Waals surface area (Å²) in [7, 11) is -2.13. The number of nitrogens with one attached hydrogen (secondary N) is 1. The van der Waals surface area contributed by atoms with Crippen molar-refractivity contribution in [3.8, 4) is 11.5 Å². The van der Waals surface area contributed by atoms with Gasteiger partial charge in [0.05, 0.1) is 23.4 Å². The summed E-state index contributed by atoms with van der Waals surface area (Å²) in [6.07, 6.45) is 1.45. The highest BCUT2D eigenvalue weighted by atomic mass is 35.5. The molecule has 0 spiro atoms. The number of methoxy groups -OCH3 is 1. The molecule has 2 N–H and O–H groups in total. The Morgan fingerprint density at radius 3 is 2.81 bits per heavy atom. The summed E-state index contributed by atoms with van der Waals surface area (Å²) in [5.74, 6) is 0.165. The molecule has 2 aromatic rings. The molecular formula is C16H18ClN3O5S. The van der Waals surface area contributed by atoms with E-state index in [1.54, 1.807) is 12.1 Å². The highest BCUT2D eigenvalue weighted by molar-refractivity contribution is 7.90. The zero-order valence-corrected chi connectivity index (χ0v) is 15.8. The fourth-order valence-electron chi connectivity index (χ4n) is 2.89. The number of aromatic hydroxyl groups is 1. The minimum atomic E-state index is -3.58. The highest BCUT2D eigenvalue weighted by Crippen LogP contribution is 2.37. The number of benzene rings is 1. The van der Waals surface area contributed by atoms with Gasteiger partial charge in [-0.05, 0) is 11.6 Å². The lowest BCUT2D eigenvalue weighted by Crippen LogP contribution is -2.36. The van der Waals surface area contributed by atoms with Crippen LogP contribution in [-0.2, 0) is 29.3 Å². The molecule has 26 heavy (non-hydrogen) atoms. The molecule has 1 aliphatic heterocycles. The average Bonchev–Trinajstić information content (AvgIpc) is 2.59. The third kappa shape index (κ3) is 3.55. The van der Waals surface area contributed by atoms with Crippen molar-refractivity contribution >= 4 is 21.4 Å². The standard InChI is InChI=1S/C16H18ClN3O5S/c1-25-12-4-3-9(13(17)14(12)21)7-20-6-5-11-10(8-20)15(22)19-16(18-11)26(2,23)24/h3-4,21H,5-8H2,1-2H3,(H,18,19,22). The Balaban J connectivity index is 1.86. The van der Waals surface area contributed by atoms with Crippen molar-refractivity contribution < 1.29 is 18.3 Å². The molecule has 1 aromatic carbocycles. The first-order valence-electron chi connectivity index (χ1n) is 7.79. The average molecular weight is 400 g/mol. The lowest BCUT2D eigenvalue weighted by atomic mass is 10.1. The van der Waals surface area contributed by atoms with Crippen LogP contribution >= 0.6 is 11.6 Å². The van der Waals surface area contributed by atoms with E-state index in [1.807, 2.05) is 4.90 Å². The Bertz CT molecular complexity index is 1020. The number of phenols is 1. The molecule has 140 valence electrons. The van der Waals surface area contributed by atoms with Crippen molar-refractivity contribution in [3.63, 3.8) is 0 Å². The van der Waals surface area contributed by atoms with Gasteiger partial charge in [0.25, 0.3) is 5.56 Å². The number of rotatable bonds is 4. The van der Waals surface area contributed by atoms with E-state index in [2.05, 4.69) is 9.97 Å². The molecule has 3 rings (SSSR count). The lowest BCUT2D eigenvalue weighted by Gasteiger charge is -2.28. The van der Waals surface area contributed by atoms with Gasteiger partial charge in [0, 0.05) is 32.3 Å². The first-order chi connectivity index (χ1) is 12.2. The number of nitrogens with zero attached hydrogens (tertiary/aromatic N) is 2. The summed E-state index contributed by atoms with van der Waals surface area (Å²) >= 11 is 6.20. The summed E-state index contributed by atoms with van der Waals surface area (Å²) in [4.78, 5) is 20.7. The van der Waals surface area contributed by atoms with Crippen molar-refractivity contribution in [2.24, 2.45) is 0 Å². The van der Waals surface area contributed by atoms with Crippen molar-refractivity contribution in [1.29, 1.82) is 0 Å². The first kappa shape index (κ1) is 18.7. The molecule has 0 radical (unpaired) electrons. The Morgan fingerprint density at radius 2 is 2.15 bits per heavy atom. The van der Waals surface area contributed by atoms with Crippen molar-refractivity contribution in [3.05, 3.63) is 44.3 Å². The Kier molecular flexibility index (Phi) is 4.96. The molecule has 10 heteroatoms. The second kappa shape index (κ2) is 6.90. The second-order valence-corrected chi connectivity index (χ2v) is 8.43. The molecule has 8 nitrogen and oxygen atoms in total. The van der Waals surface area contributed by atoms with E-state index in [1.165, 1.54) is 7.11 Å². The molecule has 2 heterocycles. The summed E-state index contributed by atoms with van der Waals surface area (Å²) < 4.78 is 28.2. The Hall–Kier alpha value is -2.10. The number of hydrogen-bond acceptors (Lipinski definition) is 7. The van der Waals surface area contributed by atoms with Crippen LogP contribution in [0.2, 0.25) is 5.02 Å². The van der Waals surface area contributed by atoms with E-state index in [0.29, 0.717) is 42.9 Å². The van der Waals surface area contributed by atoms with E-state index in [4.69, 9.17) is 16.3 Å². The third-order valence-corrected chi connectivity index (χ3v) is 5.57. The van der Waals surface area contributed by atoms with Crippen LogP contribution in [0.15, 0.2) is 22.1 Å². The van der Waals surface area contributed by atoms with E-state index in [9.17, 15) is 18.3 Å². The van der Waals surface area contributed by atoms with E-state index in [0.717, 1.165) is 6.26 Å². The predicted octanol–water partition coefficient (Wildman–Crippen LogP) is 1.10. The number of aromatic nitrogens is 2. The zero-order valence-electron chi connectivity index (χ0n) is 14.2. The minimum absolute atomic E-state index is 0.124. The molecule has 0 fully saturated rings. The number of hydrogen-bond donors (Lipinski definition) is 2. The van der Waals surface area contributed by atoms with Crippen LogP contribution in [0, 0.1) is 0 Å². The smallest absolute Gasteiger partial charge is 0.256 e. The van der Waals surface area contributed by atoms with Gasteiger partial charge in [0.15, 0.2) is 11.5 Å². The molecule has 0 unspecified atom stereocenters. The van der Waals surface area contributed by atoms with Gasteiger partial charge in [-0.1, -0.05) is 17.7 Å². The van der Waals surface area contributed by atoms with Crippen molar-refractivity contribution in [2.45, 2.75) is 24.7 Å². The predicted molar refractivity (Wildman–Crippen MR) is 95.5 cm³/mol. The summed E-state index contributed by atoms with van der Waals surface area (Å²) in [5.41, 5.74) is 1.18. The van der Waals surface area contributed by atoms with Crippen LogP contribution in [0.4, 0.5) is 0 Å². The van der Waals surface area contributed by atoms with Crippen LogP contribution in [0.5, 0.6) is 11.5 Å². The van der Waals surface area contributed by atoms with Gasteiger partial charge >= 0.3 is 0 Å². The van der Waals surface area contributed by atoms with Gasteiger partial charge in [0.1, 0.15) is 0 Å². The quantitative estimate of drug-likeness (QED) is 0.740. The molecule has 0 atom stereocenters. The number of H-pyrrole nitrogens is 1. The molecule has 0 bridgehead atoms. The van der Waals surface area contributed by atoms with Crippen LogP contribution < -0.4 is 10.3 Å². The van der Waals surface area contributed by atoms with Gasteiger partial charge in [-0.25, -0.2) is 13.4 Å². The second-order valence-electron chi connectivity index (χ2n) is 6.12. The molecule has 0 aliphatic carbocycles. The van der Waals surface area contributed by atoms with Gasteiger partial charge < -0.3 is 9.84 Å². The molecular weight excluding hydrogens is 382 g/mol. The Labute approximate surface area is 155 Å². The maximum Gasteiger partial charge on any atom is 0.256 e. The van der Waals surface area contributed by atoms with E-state index >= 15 is 0 Å². The SMILES string of the molecule is COc1ccc(CN2CCc3nc(S(C)(=O)=O)[nH]c(=O)c3C2)c(Cl)c1O. The largest absolute Gasteiger partial charge is 0.503 e. The van der Waals surface area contributed by atoms with Gasteiger partial charge in [-0.15, -0.1) is 0 Å². The third-order valence-electron chi connectivity index (χ3n) is 4.25. The van der Waals surface area contributed by atoms with E-state index in [-0.39, 0.29) is 21.7 Å². The summed E-state index contributed by atoms with van der Waals surface area (Å²) in [5, 5.41) is 9.91. The van der Waals surface area contributed by atoms with Gasteiger partial charge in [-0.3, -0.25) is 14.7 Å². The van der Waals surface area contributed by atoms with Gasteiger partial charge in [0.2, 0.25) is 15.0 Å². The molecule has 1 aliphatic rings. The number of ether oxygens (including phenoxy) is 1. The number of halogens is 1. The number of sulfone groups is 1. The van der Waals surface area contributed by atoms with Crippen LogP contribution in [0.3, 0.4) is 0 Å². The minimum Gasteiger partial charge on any atom is -0.503 e. The van der Waals surface area contributed by atoms with Crippen LogP contribution in [0.1, 0.15) is 16.8 Å². The maximum atomic E-state index is 12.3. The Morgan fingerprint density at radius 1 is 1.42 bits per heavy atom. The van der Waals surface area contributed by atoms with Crippen molar-refractivity contribution in [2.75, 3.05) is 19.9 Å². The fraction of sp³-hybridized carbons (Fsp3) is 0.375. The number of phenolic OH excluding ortho intramolecular Hbond substituents is 1. The highest BCUT2D eigenvalue weighted by Gasteiger charge is 2.24. The van der Waals surface area contributed by atoms with Crippen LogP contribution in [0.25, 0.3) is 0 Å². The maximum absolute atomic E-state index is 12.3. The number of aromatic amines is 1. The molecule has 0 saturated heterocycles. The first-order valence-corrected chi connectivity index (χ1v) is 10.1. The van der Waals surface area contributed by atoms with Crippen molar-refractivity contribution in [1.82, 2.24) is 14.9 Å². The molecule has 1 aromatic heterocycles. The van der Waals surface area contributed by atoms with Gasteiger partial charge in [-0.2, -0.15) is 0 Å². The van der Waals surface area contributed by atoms with E-state index < -0.39 is 15.4 Å². The van der Waals surface area contributed by atoms with Crippen LogP contribution in [-0.4, -0.2) is 48.3 Å². The topological polar surface area (TPSA) is 113 Å².